The molecule has 166 valence electrons. The van der Waals surface area contributed by atoms with Gasteiger partial charge in [0, 0.05) is 5.56 Å². The van der Waals surface area contributed by atoms with Crippen LogP contribution in [0.15, 0.2) is 84.9 Å². The summed E-state index contributed by atoms with van der Waals surface area (Å²) in [4.78, 5) is 0. The van der Waals surface area contributed by atoms with E-state index in [4.69, 9.17) is 0 Å². The Labute approximate surface area is 186 Å². The third-order valence-corrected chi connectivity index (χ3v) is 5.37. The van der Waals surface area contributed by atoms with Crippen molar-refractivity contribution in [3.05, 3.63) is 119 Å². The second-order valence-corrected chi connectivity index (χ2v) is 7.75. The predicted octanol–water partition coefficient (Wildman–Crippen LogP) is 8.39. The van der Waals surface area contributed by atoms with E-state index in [2.05, 4.69) is 6.08 Å². The molecule has 4 heteroatoms. The minimum Gasteiger partial charge on any atom is -0.206 e. The van der Waals surface area contributed by atoms with E-state index in [0.29, 0.717) is 11.1 Å². The molecule has 0 N–H and O–H groups in total. The molecule has 32 heavy (non-hydrogen) atoms. The Kier molecular flexibility index (Phi) is 8.04. The molecule has 0 spiro atoms. The Morgan fingerprint density at radius 1 is 0.844 bits per heavy atom. The topological polar surface area (TPSA) is 0 Å². The number of alkyl halides is 3. The van der Waals surface area contributed by atoms with Crippen LogP contribution in [0, 0.1) is 5.82 Å². The number of rotatable bonds is 8. The Bertz CT molecular complexity index is 1050. The van der Waals surface area contributed by atoms with Crippen molar-refractivity contribution in [1.82, 2.24) is 0 Å². The highest BCUT2D eigenvalue weighted by molar-refractivity contribution is 5.70. The molecule has 0 aliphatic rings. The van der Waals surface area contributed by atoms with E-state index in [1.165, 1.54) is 29.8 Å². The van der Waals surface area contributed by atoms with Gasteiger partial charge in [0.1, 0.15) is 5.82 Å². The maximum absolute atomic E-state index is 14.6. The minimum atomic E-state index is -4.41. The molecule has 0 saturated carbocycles. The van der Waals surface area contributed by atoms with Crippen LogP contribution >= 0.6 is 0 Å². The van der Waals surface area contributed by atoms with Crippen molar-refractivity contribution < 1.29 is 17.6 Å². The number of aryl methyl sites for hydroxylation is 1. The number of allylic oxidation sites excluding steroid dienone is 2. The molecular formula is C28H26F4. The summed E-state index contributed by atoms with van der Waals surface area (Å²) >= 11 is 0. The van der Waals surface area contributed by atoms with E-state index in [9.17, 15) is 17.6 Å². The van der Waals surface area contributed by atoms with Gasteiger partial charge in [0.2, 0.25) is 0 Å². The largest absolute Gasteiger partial charge is 0.396 e. The summed E-state index contributed by atoms with van der Waals surface area (Å²) in [5.74, 6) is -2.20. The van der Waals surface area contributed by atoms with Crippen molar-refractivity contribution >= 4 is 12.2 Å². The summed E-state index contributed by atoms with van der Waals surface area (Å²) in [6, 6.07) is 20.1. The molecule has 1 atom stereocenters. The average Bonchev–Trinajstić information content (AvgIpc) is 2.78. The molecule has 0 unspecified atom stereocenters. The van der Waals surface area contributed by atoms with E-state index in [1.54, 1.807) is 36.4 Å². The highest BCUT2D eigenvalue weighted by Crippen LogP contribution is 2.37. The second-order valence-electron chi connectivity index (χ2n) is 7.75. The zero-order chi connectivity index (χ0) is 23.0. The van der Waals surface area contributed by atoms with Crippen LogP contribution < -0.4 is 0 Å². The maximum Gasteiger partial charge on any atom is 0.396 e. The summed E-state index contributed by atoms with van der Waals surface area (Å²) in [6.07, 6.45) is 4.84. The van der Waals surface area contributed by atoms with E-state index in [-0.39, 0.29) is 12.0 Å². The fourth-order valence-corrected chi connectivity index (χ4v) is 3.57. The Morgan fingerprint density at radius 2 is 1.53 bits per heavy atom. The molecule has 0 aliphatic carbocycles. The highest BCUT2D eigenvalue weighted by atomic mass is 19.4. The normalized spacial score (nSPS) is 13.2. The molecule has 3 aromatic rings. The van der Waals surface area contributed by atoms with Gasteiger partial charge in [0.05, 0.1) is 5.92 Å². The Hall–Kier alpha value is -3.14. The lowest BCUT2D eigenvalue weighted by Crippen LogP contribution is -2.23. The smallest absolute Gasteiger partial charge is 0.206 e. The van der Waals surface area contributed by atoms with Crippen molar-refractivity contribution in [2.24, 2.45) is 0 Å². The van der Waals surface area contributed by atoms with Crippen molar-refractivity contribution in [2.45, 2.75) is 38.3 Å². The van der Waals surface area contributed by atoms with Crippen molar-refractivity contribution in [3.63, 3.8) is 0 Å². The quantitative estimate of drug-likeness (QED) is 0.188. The summed E-state index contributed by atoms with van der Waals surface area (Å²) in [6.45, 7) is 2.00. The summed E-state index contributed by atoms with van der Waals surface area (Å²) in [7, 11) is 0. The van der Waals surface area contributed by atoms with Crippen molar-refractivity contribution in [3.8, 4) is 0 Å². The van der Waals surface area contributed by atoms with Gasteiger partial charge in [-0.05, 0) is 54.5 Å². The molecule has 0 nitrogen and oxygen atoms in total. The maximum atomic E-state index is 14.6. The molecule has 0 aromatic heterocycles. The first-order chi connectivity index (χ1) is 15.4. The van der Waals surface area contributed by atoms with Crippen LogP contribution in [0.4, 0.5) is 17.6 Å². The van der Waals surface area contributed by atoms with E-state index in [1.807, 2.05) is 37.3 Å². The lowest BCUT2D eigenvalue weighted by atomic mass is 9.91. The van der Waals surface area contributed by atoms with Crippen LogP contribution in [0.1, 0.15) is 47.1 Å². The number of benzene rings is 3. The lowest BCUT2D eigenvalue weighted by Gasteiger charge is -2.21. The molecule has 3 aromatic carbocycles. The van der Waals surface area contributed by atoms with Gasteiger partial charge < -0.3 is 0 Å². The Balaban J connectivity index is 1.70. The third-order valence-electron chi connectivity index (χ3n) is 5.37. The first kappa shape index (κ1) is 23.5. The van der Waals surface area contributed by atoms with Gasteiger partial charge >= 0.3 is 6.18 Å². The molecule has 0 fully saturated rings. The lowest BCUT2D eigenvalue weighted by molar-refractivity contribution is -0.150. The van der Waals surface area contributed by atoms with Gasteiger partial charge in [-0.1, -0.05) is 91.0 Å². The molecule has 3 rings (SSSR count). The minimum absolute atomic E-state index is 0.179. The number of hydrogen-bond acceptors (Lipinski definition) is 0. The number of halogens is 4. The molecule has 0 aliphatic heterocycles. The second kappa shape index (κ2) is 10.9. The van der Waals surface area contributed by atoms with Gasteiger partial charge in [-0.25, -0.2) is 4.39 Å². The van der Waals surface area contributed by atoms with Crippen molar-refractivity contribution in [2.75, 3.05) is 0 Å². The van der Waals surface area contributed by atoms with Crippen LogP contribution in [-0.2, 0) is 12.8 Å². The van der Waals surface area contributed by atoms with Gasteiger partial charge in [-0.15, -0.1) is 0 Å². The Morgan fingerprint density at radius 3 is 2.16 bits per heavy atom. The zero-order valence-corrected chi connectivity index (χ0v) is 17.9. The molecule has 0 saturated heterocycles. The molecule has 0 bridgehead atoms. The number of hydrogen-bond donors (Lipinski definition) is 0. The molecule has 0 radical (unpaired) electrons. The molecular weight excluding hydrogens is 412 g/mol. The van der Waals surface area contributed by atoms with Crippen LogP contribution in [0.25, 0.3) is 12.2 Å². The van der Waals surface area contributed by atoms with E-state index >= 15 is 0 Å². The SMILES string of the molecule is C/C=C/CCc1ccc(C=Cc2ccc(C[C@@H](c3ccccc3)C(F)(F)F)cc2F)cc1. The first-order valence-corrected chi connectivity index (χ1v) is 10.6. The zero-order valence-electron chi connectivity index (χ0n) is 17.9. The standard InChI is InChI=1S/C28H26F4/c1-2-3-5-8-21-11-13-22(14-12-21)15-17-25-18-16-23(20-27(25)29)19-26(28(30,31)32)24-9-6-4-7-10-24/h2-4,6-7,9-18,20,26H,5,8,19H2,1H3/b3-2+,17-15?/t26-/m0/s1. The van der Waals surface area contributed by atoms with Crippen LogP contribution in [-0.4, -0.2) is 6.18 Å². The summed E-state index contributed by atoms with van der Waals surface area (Å²) in [5, 5.41) is 0. The highest BCUT2D eigenvalue weighted by Gasteiger charge is 2.40. The van der Waals surface area contributed by atoms with Gasteiger partial charge in [0.25, 0.3) is 0 Å². The van der Waals surface area contributed by atoms with Crippen LogP contribution in [0.2, 0.25) is 0 Å². The summed E-state index contributed by atoms with van der Waals surface area (Å²) < 4.78 is 55.4. The van der Waals surface area contributed by atoms with Crippen molar-refractivity contribution in [1.29, 1.82) is 0 Å². The van der Waals surface area contributed by atoms with Crippen LogP contribution in [0.5, 0.6) is 0 Å². The predicted molar refractivity (Wildman–Crippen MR) is 124 cm³/mol. The average molecular weight is 439 g/mol. The summed E-state index contributed by atoms with van der Waals surface area (Å²) in [5.41, 5.74) is 3.00. The fraction of sp³-hybridized carbons (Fsp3) is 0.214. The van der Waals surface area contributed by atoms with Gasteiger partial charge in [-0.3, -0.25) is 0 Å². The van der Waals surface area contributed by atoms with E-state index < -0.39 is 17.9 Å². The fourth-order valence-electron chi connectivity index (χ4n) is 3.57. The van der Waals surface area contributed by atoms with Gasteiger partial charge in [0.15, 0.2) is 0 Å². The molecule has 0 amide bonds. The third kappa shape index (κ3) is 6.68. The van der Waals surface area contributed by atoms with E-state index in [0.717, 1.165) is 18.4 Å². The van der Waals surface area contributed by atoms with Crippen LogP contribution in [0.3, 0.4) is 0 Å². The monoisotopic (exact) mass is 438 g/mol. The van der Waals surface area contributed by atoms with Gasteiger partial charge in [-0.2, -0.15) is 13.2 Å². The first-order valence-electron chi connectivity index (χ1n) is 10.6. The molecule has 0 heterocycles.